The summed E-state index contributed by atoms with van der Waals surface area (Å²) in [6.45, 7) is 0. The van der Waals surface area contributed by atoms with E-state index in [1.807, 2.05) is 152 Å². The topological polar surface area (TPSA) is 98.9 Å². The summed E-state index contributed by atoms with van der Waals surface area (Å²) in [5.74, 6) is 0. The van der Waals surface area contributed by atoms with Crippen LogP contribution in [-0.2, 0) is 9.13 Å². The van der Waals surface area contributed by atoms with Gasteiger partial charge < -0.3 is 9.13 Å². The average molecular weight is 1620 g/mol. The van der Waals surface area contributed by atoms with E-state index < -0.39 is 19.8 Å². The van der Waals surface area contributed by atoms with Gasteiger partial charge in [-0.25, -0.2) is 9.97 Å². The van der Waals surface area contributed by atoms with Crippen molar-refractivity contribution in [3.8, 4) is 0 Å². The van der Waals surface area contributed by atoms with Crippen molar-refractivity contribution in [3.05, 3.63) is 413 Å². The first-order valence-corrected chi connectivity index (χ1v) is 46.6. The van der Waals surface area contributed by atoms with E-state index in [-0.39, 0.29) is 0 Å². The second-order valence-electron chi connectivity index (χ2n) is 29.7. The van der Waals surface area contributed by atoms with Crippen LogP contribution in [0.4, 0.5) is 0 Å². The van der Waals surface area contributed by atoms with Gasteiger partial charge in [-0.1, -0.05) is 231 Å². The number of aromatic nitrogens is 7. The predicted octanol–water partition coefficient (Wildman–Crippen LogP) is 21.9. The Morgan fingerprint density at radius 2 is 0.615 bits per heavy atom. The summed E-state index contributed by atoms with van der Waals surface area (Å²) >= 11 is 3.72. The monoisotopic (exact) mass is 1620 g/mol. The molecule has 9 nitrogen and oxygen atoms in total. The van der Waals surface area contributed by atoms with E-state index in [1.165, 1.54) is 42.8 Å². The fraction of sp³-hybridized carbons (Fsp3) is 0. The molecule has 0 unspecified atom stereocenters. The molecule has 0 fully saturated rings. The van der Waals surface area contributed by atoms with Gasteiger partial charge in [-0.2, -0.15) is 0 Å². The Bertz CT molecular complexity index is 8180. The van der Waals surface area contributed by atoms with Crippen molar-refractivity contribution >= 4 is 230 Å². The maximum atomic E-state index is 15.7. The third-order valence-electron chi connectivity index (χ3n) is 23.3. The Labute approximate surface area is 680 Å². The van der Waals surface area contributed by atoms with Crippen LogP contribution in [0.1, 0.15) is 0 Å². The first-order chi connectivity index (χ1) is 57.7. The molecule has 17 aromatic carbocycles. The summed E-state index contributed by atoms with van der Waals surface area (Å²) in [7, 11) is -6.41. The second-order valence-corrected chi connectivity index (χ2v) is 41.3. The predicted molar refractivity (Wildman–Crippen MR) is 497 cm³/mol. The van der Waals surface area contributed by atoms with Crippen molar-refractivity contribution in [2.75, 3.05) is 0 Å². The Balaban J connectivity index is 0.000000106. The van der Waals surface area contributed by atoms with E-state index in [0.717, 1.165) is 153 Å². The number of rotatable bonds is 9. The standard InChI is InChI=1S/2C35H23N2OP.C34H22N3PSe/c38-39(25-13-3-1-4-14-25,26-15-5-2-6-16-26)32-21-11-18-28-33-27-17-8-7-12-24(27)22-23-29(33)35-36-30-19-9-10-20-31(30)37(35)34(28)32;38-39(25-12-3-1-4-13-25,26-14-5-2-6-15-26)27-20-22-29-33(23-27)37-32-18-10-9-17-31(32)36-35(37)30-21-19-24-11-7-8-16-28(24)34(29)30;39-38(24-13-3-1-4-14-24,25-15-5-2-6-16-25)31-21-11-20-30-33(31)36-34-27-22-23-12-7-9-18-28(23)35-32(27)26-17-8-10-19-29(26)37(30)34/h2*1-23H;1-22H. The minimum absolute atomic E-state index is 0.811. The van der Waals surface area contributed by atoms with E-state index in [0.29, 0.717) is 0 Å². The van der Waals surface area contributed by atoms with Crippen molar-refractivity contribution in [1.29, 1.82) is 0 Å². The molecular weight excluding hydrogens is 1550 g/mol. The molecule has 13 heteroatoms. The molecule has 117 heavy (non-hydrogen) atoms. The second kappa shape index (κ2) is 28.2. The summed E-state index contributed by atoms with van der Waals surface area (Å²) < 4.78 is 37.8. The van der Waals surface area contributed by atoms with E-state index >= 15 is 9.13 Å². The van der Waals surface area contributed by atoms with Crippen LogP contribution in [0.15, 0.2) is 413 Å². The average Bonchev–Trinajstić information content (AvgIpc) is 1.64. The fourth-order valence-electron chi connectivity index (χ4n) is 18.0. The molecule has 24 aromatic rings. The van der Waals surface area contributed by atoms with Gasteiger partial charge in [0, 0.05) is 64.1 Å². The van der Waals surface area contributed by atoms with Gasteiger partial charge in [0.2, 0.25) is 0 Å². The summed E-state index contributed by atoms with van der Waals surface area (Å²) in [5, 5.41) is 23.5. The van der Waals surface area contributed by atoms with Gasteiger partial charge in [0.15, 0.2) is 14.3 Å². The van der Waals surface area contributed by atoms with Gasteiger partial charge >= 0.3 is 234 Å². The number of fused-ring (bicyclic) bond motifs is 29. The molecule has 0 radical (unpaired) electrons. The third kappa shape index (κ3) is 11.1. The number of nitrogens with zero attached hydrogens (tertiary/aromatic N) is 7. The van der Waals surface area contributed by atoms with Crippen LogP contribution in [0.2, 0.25) is 0 Å². The molecule has 0 aliphatic carbocycles. The summed E-state index contributed by atoms with van der Waals surface area (Å²) in [4.78, 5) is 20.8. The zero-order valence-corrected chi connectivity index (χ0v) is 67.4. The van der Waals surface area contributed by atoms with Gasteiger partial charge in [0.25, 0.3) is 0 Å². The molecule has 7 aromatic heterocycles. The molecular formula is C104H68N7O2P3Se. The SMILES string of the molecule is O=P(c1ccccc1)(c1ccccc1)c1ccc2c3c4ccccc4ccc3c3nc4ccccc4n3c2c1.O=P(c1ccccc1)(c1ccccc1)c1cccc2c3c4ccccc4ccc3c3nc4ccccc4n3c12.[Se]=P(c1ccccc1)(c1ccccc1)c1cccc2c1nc1c3cc4ccccc4nc3c3ccccc3n21. The fourth-order valence-corrected chi connectivity index (χ4v) is 28.7. The van der Waals surface area contributed by atoms with Gasteiger partial charge in [0.05, 0.1) is 33.1 Å². The molecule has 0 aliphatic heterocycles. The minimum atomic E-state index is -3.27. The van der Waals surface area contributed by atoms with Crippen LogP contribution in [0.3, 0.4) is 0 Å². The Kier molecular flexibility index (Phi) is 16.9. The van der Waals surface area contributed by atoms with E-state index in [2.05, 4.69) is 289 Å². The van der Waals surface area contributed by atoms with Crippen molar-refractivity contribution < 1.29 is 9.13 Å². The summed E-state index contributed by atoms with van der Waals surface area (Å²) in [6.07, 6.45) is 0. The van der Waals surface area contributed by atoms with Crippen LogP contribution >= 0.6 is 19.8 Å². The zero-order valence-electron chi connectivity index (χ0n) is 63.0. The number of imidazole rings is 3. The molecule has 7 heterocycles. The van der Waals surface area contributed by atoms with Gasteiger partial charge in [-0.3, -0.25) is 8.80 Å². The van der Waals surface area contributed by atoms with E-state index in [1.54, 1.807) is 0 Å². The molecule has 0 saturated heterocycles. The van der Waals surface area contributed by atoms with Crippen LogP contribution in [0, 0.1) is 0 Å². The van der Waals surface area contributed by atoms with Crippen molar-refractivity contribution in [1.82, 2.24) is 33.1 Å². The van der Waals surface area contributed by atoms with Crippen molar-refractivity contribution in [2.24, 2.45) is 0 Å². The number of pyridine rings is 4. The van der Waals surface area contributed by atoms with Crippen LogP contribution in [0.25, 0.3) is 148 Å². The molecule has 0 spiro atoms. The third-order valence-corrected chi connectivity index (χ3v) is 36.4. The first-order valence-electron chi connectivity index (χ1n) is 39.2. The summed E-state index contributed by atoms with van der Waals surface area (Å²) in [5.41, 5.74) is 11.7. The quantitative estimate of drug-likeness (QED) is 0.0618. The molecule has 0 amide bonds. The summed E-state index contributed by atoms with van der Waals surface area (Å²) in [6, 6.07) is 142. The van der Waals surface area contributed by atoms with Gasteiger partial charge in [-0.15, -0.1) is 0 Å². The van der Waals surface area contributed by atoms with Crippen molar-refractivity contribution in [2.45, 2.75) is 0 Å². The van der Waals surface area contributed by atoms with Crippen LogP contribution in [0.5, 0.6) is 0 Å². The Hall–Kier alpha value is -13.5. The van der Waals surface area contributed by atoms with E-state index in [9.17, 15) is 0 Å². The molecule has 0 aliphatic rings. The van der Waals surface area contributed by atoms with Crippen LogP contribution < -0.4 is 47.7 Å². The van der Waals surface area contributed by atoms with Crippen LogP contribution in [-0.4, -0.2) is 48.2 Å². The molecule has 0 atom stereocenters. The first kappa shape index (κ1) is 70.1. The Morgan fingerprint density at radius 3 is 1.18 bits per heavy atom. The Morgan fingerprint density at radius 1 is 0.222 bits per heavy atom. The number of hydrogen-bond donors (Lipinski definition) is 0. The number of benzene rings is 17. The number of hydrogen-bond acceptors (Lipinski definition) is 6. The normalized spacial score (nSPS) is 12.2. The maximum absolute atomic E-state index is 15.7. The van der Waals surface area contributed by atoms with Gasteiger partial charge in [0.1, 0.15) is 11.3 Å². The molecule has 552 valence electrons. The zero-order chi connectivity index (χ0) is 77.9. The van der Waals surface area contributed by atoms with E-state index in [4.69, 9.17) is 19.9 Å². The molecule has 0 N–H and O–H groups in total. The molecule has 24 rings (SSSR count). The number of para-hydroxylation sites is 8. The molecule has 0 bridgehead atoms. The van der Waals surface area contributed by atoms with Crippen molar-refractivity contribution in [3.63, 3.8) is 0 Å². The molecule has 0 saturated carbocycles. The van der Waals surface area contributed by atoms with Gasteiger partial charge in [-0.05, 0) is 70.1 Å².